The van der Waals surface area contributed by atoms with Gasteiger partial charge < -0.3 is 4.74 Å². The molecule has 2 heteroatoms. The largest absolute Gasteiger partial charge is 0.489 e. The molecule has 0 heterocycles. The second-order valence-electron chi connectivity index (χ2n) is 4.93. The minimum absolute atomic E-state index is 0.0867. The summed E-state index contributed by atoms with van der Waals surface area (Å²) in [5, 5.41) is 0. The number of allylic oxidation sites excluding steroid dienone is 2. The van der Waals surface area contributed by atoms with Gasteiger partial charge in [0.15, 0.2) is 5.78 Å². The van der Waals surface area contributed by atoms with Gasteiger partial charge in [0.05, 0.1) is 0 Å². The fourth-order valence-corrected chi connectivity index (χ4v) is 2.07. The zero-order valence-corrected chi connectivity index (χ0v) is 12.3. The number of rotatable bonds is 7. The molecule has 2 rings (SSSR count). The summed E-state index contributed by atoms with van der Waals surface area (Å²) in [6, 6.07) is 18.2. The SMILES string of the molecule is CC(=O)/C=C/CCc1ccccc1OCc1ccccc1. The van der Waals surface area contributed by atoms with Crippen LogP contribution in [0.4, 0.5) is 0 Å². The summed E-state index contributed by atoms with van der Waals surface area (Å²) < 4.78 is 5.91. The number of hydrogen-bond acceptors (Lipinski definition) is 2. The zero-order chi connectivity index (χ0) is 14.9. The molecule has 0 bridgehead atoms. The summed E-state index contributed by atoms with van der Waals surface area (Å²) in [5.74, 6) is 1.00. The lowest BCUT2D eigenvalue weighted by atomic mass is 10.1. The van der Waals surface area contributed by atoms with Crippen molar-refractivity contribution in [3.63, 3.8) is 0 Å². The van der Waals surface area contributed by atoms with E-state index in [1.807, 2.05) is 42.5 Å². The van der Waals surface area contributed by atoms with E-state index in [1.165, 1.54) is 5.56 Å². The maximum absolute atomic E-state index is 10.9. The lowest BCUT2D eigenvalue weighted by Crippen LogP contribution is -1.98. The third-order valence-electron chi connectivity index (χ3n) is 3.14. The number of hydrogen-bond donors (Lipinski definition) is 0. The third kappa shape index (κ3) is 5.27. The Morgan fingerprint density at radius 1 is 1.05 bits per heavy atom. The molecule has 0 unspecified atom stereocenters. The lowest BCUT2D eigenvalue weighted by molar-refractivity contribution is -0.112. The molecule has 0 N–H and O–H groups in total. The van der Waals surface area contributed by atoms with Gasteiger partial charge in [0.25, 0.3) is 0 Å². The average Bonchev–Trinajstić information content (AvgIpc) is 2.51. The Bertz CT molecular complexity index is 600. The van der Waals surface area contributed by atoms with Crippen LogP contribution in [0, 0.1) is 0 Å². The van der Waals surface area contributed by atoms with E-state index in [4.69, 9.17) is 4.74 Å². The van der Waals surface area contributed by atoms with E-state index < -0.39 is 0 Å². The highest BCUT2D eigenvalue weighted by Gasteiger charge is 2.02. The quantitative estimate of drug-likeness (QED) is 0.705. The Labute approximate surface area is 126 Å². The van der Waals surface area contributed by atoms with Crippen molar-refractivity contribution in [1.29, 1.82) is 0 Å². The molecule has 0 radical (unpaired) electrons. The van der Waals surface area contributed by atoms with Crippen LogP contribution in [0.5, 0.6) is 5.75 Å². The minimum Gasteiger partial charge on any atom is -0.489 e. The van der Waals surface area contributed by atoms with Gasteiger partial charge in [-0.2, -0.15) is 0 Å². The fourth-order valence-electron chi connectivity index (χ4n) is 2.07. The molecule has 21 heavy (non-hydrogen) atoms. The molecule has 0 amide bonds. The first-order chi connectivity index (χ1) is 10.3. The van der Waals surface area contributed by atoms with Crippen LogP contribution in [0.25, 0.3) is 0 Å². The number of carbonyl (C=O) groups excluding carboxylic acids is 1. The molecule has 2 aromatic rings. The van der Waals surface area contributed by atoms with Crippen LogP contribution in [0.2, 0.25) is 0 Å². The Morgan fingerprint density at radius 3 is 2.52 bits per heavy atom. The lowest BCUT2D eigenvalue weighted by Gasteiger charge is -2.11. The topological polar surface area (TPSA) is 26.3 Å². The third-order valence-corrected chi connectivity index (χ3v) is 3.14. The molecule has 0 aliphatic carbocycles. The number of para-hydroxylation sites is 1. The van der Waals surface area contributed by atoms with Crippen LogP contribution in [0.3, 0.4) is 0 Å². The van der Waals surface area contributed by atoms with Crippen molar-refractivity contribution in [2.75, 3.05) is 0 Å². The van der Waals surface area contributed by atoms with Crippen molar-refractivity contribution in [3.05, 3.63) is 77.9 Å². The normalized spacial score (nSPS) is 10.7. The maximum Gasteiger partial charge on any atom is 0.152 e. The van der Waals surface area contributed by atoms with Gasteiger partial charge in [0, 0.05) is 0 Å². The Balaban J connectivity index is 1.95. The Kier molecular flexibility index (Phi) is 5.77. The van der Waals surface area contributed by atoms with Gasteiger partial charge in [0.1, 0.15) is 12.4 Å². The van der Waals surface area contributed by atoms with Crippen molar-refractivity contribution in [2.45, 2.75) is 26.4 Å². The predicted molar refractivity (Wildman–Crippen MR) is 85.4 cm³/mol. The first-order valence-electron chi connectivity index (χ1n) is 7.17. The van der Waals surface area contributed by atoms with Crippen molar-refractivity contribution in [1.82, 2.24) is 0 Å². The van der Waals surface area contributed by atoms with Crippen LogP contribution < -0.4 is 4.74 Å². The molecule has 0 saturated carbocycles. The Morgan fingerprint density at radius 2 is 1.76 bits per heavy atom. The van der Waals surface area contributed by atoms with Crippen molar-refractivity contribution in [3.8, 4) is 5.75 Å². The van der Waals surface area contributed by atoms with Gasteiger partial charge in [-0.05, 0) is 43.0 Å². The summed E-state index contributed by atoms with van der Waals surface area (Å²) >= 11 is 0. The molecule has 0 aliphatic rings. The minimum atomic E-state index is 0.0867. The molecule has 0 aromatic heterocycles. The highest BCUT2D eigenvalue weighted by molar-refractivity contribution is 5.87. The standard InChI is InChI=1S/C19H20O2/c1-16(20)9-5-6-12-18-13-7-8-14-19(18)21-15-17-10-3-2-4-11-17/h2-5,7-11,13-14H,6,12,15H2,1H3/b9-5+. The highest BCUT2D eigenvalue weighted by atomic mass is 16.5. The smallest absolute Gasteiger partial charge is 0.152 e. The number of ketones is 1. The second-order valence-corrected chi connectivity index (χ2v) is 4.93. The highest BCUT2D eigenvalue weighted by Crippen LogP contribution is 2.21. The summed E-state index contributed by atoms with van der Waals surface area (Å²) in [7, 11) is 0. The van der Waals surface area contributed by atoms with Crippen LogP contribution >= 0.6 is 0 Å². The van der Waals surface area contributed by atoms with Crippen LogP contribution in [0.15, 0.2) is 66.7 Å². The maximum atomic E-state index is 10.9. The molecule has 0 spiro atoms. The molecule has 0 fully saturated rings. The van der Waals surface area contributed by atoms with Crippen LogP contribution in [-0.4, -0.2) is 5.78 Å². The van der Waals surface area contributed by atoms with Gasteiger partial charge in [-0.15, -0.1) is 0 Å². The predicted octanol–water partition coefficient (Wildman–Crippen LogP) is 4.34. The fraction of sp³-hybridized carbons (Fsp3) is 0.211. The molecular weight excluding hydrogens is 260 g/mol. The molecule has 0 aliphatic heterocycles. The van der Waals surface area contributed by atoms with E-state index in [0.717, 1.165) is 24.2 Å². The zero-order valence-electron chi connectivity index (χ0n) is 12.3. The second kappa shape index (κ2) is 8.05. The number of benzene rings is 2. The first-order valence-corrected chi connectivity index (χ1v) is 7.17. The van der Waals surface area contributed by atoms with Gasteiger partial charge in [-0.25, -0.2) is 0 Å². The average molecular weight is 280 g/mol. The summed E-state index contributed by atoms with van der Waals surface area (Å²) in [6.07, 6.45) is 5.24. The molecular formula is C19H20O2. The van der Waals surface area contributed by atoms with E-state index in [0.29, 0.717) is 6.61 Å². The van der Waals surface area contributed by atoms with E-state index in [1.54, 1.807) is 13.0 Å². The van der Waals surface area contributed by atoms with E-state index in [-0.39, 0.29) is 5.78 Å². The van der Waals surface area contributed by atoms with Gasteiger partial charge in [0.2, 0.25) is 0 Å². The van der Waals surface area contributed by atoms with Gasteiger partial charge in [-0.1, -0.05) is 54.6 Å². The summed E-state index contributed by atoms with van der Waals surface area (Å²) in [6.45, 7) is 2.13. The van der Waals surface area contributed by atoms with Gasteiger partial charge in [-0.3, -0.25) is 4.79 Å². The summed E-state index contributed by atoms with van der Waals surface area (Å²) in [4.78, 5) is 10.9. The number of ether oxygens (including phenoxy) is 1. The van der Waals surface area contributed by atoms with Crippen molar-refractivity contribution >= 4 is 5.78 Å². The molecule has 108 valence electrons. The van der Waals surface area contributed by atoms with Gasteiger partial charge >= 0.3 is 0 Å². The number of aryl methyl sites for hydroxylation is 1. The number of carbonyl (C=O) groups is 1. The monoisotopic (exact) mass is 280 g/mol. The van der Waals surface area contributed by atoms with Crippen molar-refractivity contribution < 1.29 is 9.53 Å². The molecule has 2 aromatic carbocycles. The molecule has 0 atom stereocenters. The molecule has 2 nitrogen and oxygen atoms in total. The van der Waals surface area contributed by atoms with E-state index in [2.05, 4.69) is 18.2 Å². The molecule has 0 saturated heterocycles. The summed E-state index contributed by atoms with van der Waals surface area (Å²) in [5.41, 5.74) is 2.32. The van der Waals surface area contributed by atoms with E-state index in [9.17, 15) is 4.79 Å². The van der Waals surface area contributed by atoms with E-state index >= 15 is 0 Å². The first kappa shape index (κ1) is 15.0. The van der Waals surface area contributed by atoms with Crippen LogP contribution in [0.1, 0.15) is 24.5 Å². The van der Waals surface area contributed by atoms with Crippen LogP contribution in [-0.2, 0) is 17.8 Å². The Hall–Kier alpha value is -2.35. The van der Waals surface area contributed by atoms with Crippen molar-refractivity contribution in [2.24, 2.45) is 0 Å².